The average molecular weight is 310 g/mol. The van der Waals surface area contributed by atoms with Crippen LogP contribution in [0.25, 0.3) is 0 Å². The summed E-state index contributed by atoms with van der Waals surface area (Å²) in [5, 5.41) is 9.68. The van der Waals surface area contributed by atoms with Crippen molar-refractivity contribution in [3.63, 3.8) is 0 Å². The molecule has 0 radical (unpaired) electrons. The third-order valence-corrected chi connectivity index (χ3v) is 2.84. The van der Waals surface area contributed by atoms with Crippen LogP contribution in [0.15, 0.2) is 6.07 Å². The maximum absolute atomic E-state index is 13.3. The fourth-order valence-corrected chi connectivity index (χ4v) is 1.49. The molecule has 0 saturated heterocycles. The number of halogens is 4. The zero-order chi connectivity index (χ0) is 16.2. The van der Waals surface area contributed by atoms with Crippen LogP contribution in [0.5, 0.6) is 5.75 Å². The van der Waals surface area contributed by atoms with E-state index in [0.717, 1.165) is 7.11 Å². The zero-order valence-corrected chi connectivity index (χ0v) is 11.3. The van der Waals surface area contributed by atoms with Crippen molar-refractivity contribution in [3.05, 3.63) is 29.3 Å². The number of methoxy groups -OCH3 is 1. The number of hydrogen-bond acceptors (Lipinski definition) is 4. The average Bonchev–Trinajstić information content (AvgIpc) is 2.44. The summed E-state index contributed by atoms with van der Waals surface area (Å²) in [6.07, 6.45) is -1.43. The lowest BCUT2D eigenvalue weighted by atomic mass is 10.0. The van der Waals surface area contributed by atoms with Crippen LogP contribution in [0.4, 0.5) is 17.6 Å². The molecule has 0 bridgehead atoms. The minimum Gasteiger partial charge on any atom is -0.485 e. The maximum atomic E-state index is 13.3. The molecule has 0 aliphatic heterocycles. The van der Waals surface area contributed by atoms with Crippen molar-refractivity contribution in [3.8, 4) is 5.75 Å². The molecule has 1 aromatic rings. The standard InChI is InChI=1S/C13H14F4O4/c1-6(3-10(19)20-2)9(18)5-21-13-11(16)7(14)4-8(15)12(13)17/h4,6,9,18H,3,5H2,1-2H3. The molecule has 1 rings (SSSR count). The summed E-state index contributed by atoms with van der Waals surface area (Å²) in [5.41, 5.74) is 0. The first-order valence-electron chi connectivity index (χ1n) is 5.98. The van der Waals surface area contributed by atoms with E-state index >= 15 is 0 Å². The molecule has 0 spiro atoms. The molecule has 4 nitrogen and oxygen atoms in total. The Morgan fingerprint density at radius 1 is 1.24 bits per heavy atom. The highest BCUT2D eigenvalue weighted by molar-refractivity contribution is 5.69. The smallest absolute Gasteiger partial charge is 0.305 e. The minimum atomic E-state index is -1.69. The van der Waals surface area contributed by atoms with E-state index in [1.54, 1.807) is 0 Å². The Balaban J connectivity index is 2.73. The largest absolute Gasteiger partial charge is 0.485 e. The summed E-state index contributed by atoms with van der Waals surface area (Å²) in [4.78, 5) is 11.0. The Morgan fingerprint density at radius 3 is 2.24 bits per heavy atom. The number of carbonyl (C=O) groups excluding carboxylic acids is 1. The number of hydrogen-bond donors (Lipinski definition) is 1. The third-order valence-electron chi connectivity index (χ3n) is 2.84. The summed E-state index contributed by atoms with van der Waals surface area (Å²) < 4.78 is 61.5. The van der Waals surface area contributed by atoms with Crippen molar-refractivity contribution in [2.24, 2.45) is 5.92 Å². The quantitative estimate of drug-likeness (QED) is 0.497. The van der Waals surface area contributed by atoms with Crippen molar-refractivity contribution in [1.29, 1.82) is 0 Å². The topological polar surface area (TPSA) is 55.8 Å². The SMILES string of the molecule is COC(=O)CC(C)C(O)COc1c(F)c(F)cc(F)c1F. The van der Waals surface area contributed by atoms with E-state index in [1.807, 2.05) is 0 Å². The number of ether oxygens (including phenoxy) is 2. The molecular formula is C13H14F4O4. The molecule has 21 heavy (non-hydrogen) atoms. The summed E-state index contributed by atoms with van der Waals surface area (Å²) in [6, 6.07) is 0.0494. The number of benzene rings is 1. The first kappa shape index (κ1) is 17.2. The van der Waals surface area contributed by atoms with Gasteiger partial charge in [-0.25, -0.2) is 8.78 Å². The normalized spacial score (nSPS) is 13.7. The van der Waals surface area contributed by atoms with Crippen LogP contribution in [0.1, 0.15) is 13.3 Å². The molecule has 0 fully saturated rings. The summed E-state index contributed by atoms with van der Waals surface area (Å²) in [6.45, 7) is 0.832. The first-order valence-corrected chi connectivity index (χ1v) is 5.98. The molecule has 2 unspecified atom stereocenters. The number of carbonyl (C=O) groups is 1. The summed E-state index contributed by atoms with van der Waals surface area (Å²) >= 11 is 0. The van der Waals surface area contributed by atoms with Gasteiger partial charge in [0.2, 0.25) is 11.6 Å². The summed E-state index contributed by atoms with van der Waals surface area (Å²) in [5.74, 6) is -9.08. The second-order valence-corrected chi connectivity index (χ2v) is 4.43. The number of esters is 1. The van der Waals surface area contributed by atoms with Gasteiger partial charge in [-0.05, 0) is 5.92 Å². The van der Waals surface area contributed by atoms with Gasteiger partial charge in [0, 0.05) is 6.07 Å². The molecule has 118 valence electrons. The van der Waals surface area contributed by atoms with Crippen molar-refractivity contribution >= 4 is 5.97 Å². The zero-order valence-electron chi connectivity index (χ0n) is 11.3. The van der Waals surface area contributed by atoms with Crippen LogP contribution < -0.4 is 4.74 Å². The molecule has 1 N–H and O–H groups in total. The van der Waals surface area contributed by atoms with Crippen LogP contribution in [0, 0.1) is 29.2 Å². The van der Waals surface area contributed by atoms with Gasteiger partial charge in [0.15, 0.2) is 17.4 Å². The van der Waals surface area contributed by atoms with Gasteiger partial charge in [-0.3, -0.25) is 4.79 Å². The second-order valence-electron chi connectivity index (χ2n) is 4.43. The second kappa shape index (κ2) is 7.26. The van der Waals surface area contributed by atoms with Crippen LogP contribution in [-0.2, 0) is 9.53 Å². The van der Waals surface area contributed by atoms with Crippen molar-refractivity contribution in [2.75, 3.05) is 13.7 Å². The highest BCUT2D eigenvalue weighted by Crippen LogP contribution is 2.27. The van der Waals surface area contributed by atoms with Gasteiger partial charge >= 0.3 is 5.97 Å². The molecule has 0 saturated carbocycles. The van der Waals surface area contributed by atoms with Gasteiger partial charge in [-0.2, -0.15) is 8.78 Å². The molecule has 0 aliphatic rings. The maximum Gasteiger partial charge on any atom is 0.305 e. The van der Waals surface area contributed by atoms with Crippen LogP contribution in [0.3, 0.4) is 0 Å². The molecule has 1 aromatic carbocycles. The van der Waals surface area contributed by atoms with Crippen LogP contribution in [0.2, 0.25) is 0 Å². The van der Waals surface area contributed by atoms with E-state index in [0.29, 0.717) is 0 Å². The van der Waals surface area contributed by atoms with Gasteiger partial charge in [0.05, 0.1) is 19.6 Å². The van der Waals surface area contributed by atoms with Crippen LogP contribution >= 0.6 is 0 Å². The fraction of sp³-hybridized carbons (Fsp3) is 0.462. The highest BCUT2D eigenvalue weighted by atomic mass is 19.2. The summed E-state index contributed by atoms with van der Waals surface area (Å²) in [7, 11) is 1.16. The molecule has 2 atom stereocenters. The number of aliphatic hydroxyl groups is 1. The predicted molar refractivity (Wildman–Crippen MR) is 63.6 cm³/mol. The third kappa shape index (κ3) is 4.32. The monoisotopic (exact) mass is 310 g/mol. The van der Waals surface area contributed by atoms with Crippen molar-refractivity contribution < 1.29 is 36.9 Å². The molecule has 0 aliphatic carbocycles. The van der Waals surface area contributed by atoms with E-state index in [4.69, 9.17) is 0 Å². The van der Waals surface area contributed by atoms with Gasteiger partial charge in [-0.1, -0.05) is 6.92 Å². The lowest BCUT2D eigenvalue weighted by Crippen LogP contribution is -2.28. The van der Waals surface area contributed by atoms with E-state index in [2.05, 4.69) is 9.47 Å². The molecule has 0 aromatic heterocycles. The van der Waals surface area contributed by atoms with Crippen molar-refractivity contribution in [2.45, 2.75) is 19.4 Å². The van der Waals surface area contributed by atoms with E-state index in [-0.39, 0.29) is 12.5 Å². The van der Waals surface area contributed by atoms with E-state index < -0.39 is 53.6 Å². The Kier molecular flexibility index (Phi) is 5.95. The minimum absolute atomic E-state index is 0.0494. The lowest BCUT2D eigenvalue weighted by molar-refractivity contribution is -0.142. The van der Waals surface area contributed by atoms with Crippen LogP contribution in [-0.4, -0.2) is 30.9 Å². The van der Waals surface area contributed by atoms with Gasteiger partial charge in [0.1, 0.15) is 6.61 Å². The Hall–Kier alpha value is -1.83. The first-order chi connectivity index (χ1) is 9.77. The molecular weight excluding hydrogens is 296 g/mol. The van der Waals surface area contributed by atoms with Gasteiger partial charge < -0.3 is 14.6 Å². The molecule has 0 heterocycles. The fourth-order valence-electron chi connectivity index (χ4n) is 1.49. The Morgan fingerprint density at radius 2 is 1.76 bits per heavy atom. The van der Waals surface area contributed by atoms with Crippen molar-refractivity contribution in [1.82, 2.24) is 0 Å². The van der Waals surface area contributed by atoms with Gasteiger partial charge in [0.25, 0.3) is 0 Å². The Labute approximate surface area is 118 Å². The Bertz CT molecular complexity index is 495. The predicted octanol–water partition coefficient (Wildman–Crippen LogP) is 2.18. The number of rotatable bonds is 6. The van der Waals surface area contributed by atoms with E-state index in [1.165, 1.54) is 6.92 Å². The molecule has 8 heteroatoms. The molecule has 0 amide bonds. The van der Waals surface area contributed by atoms with E-state index in [9.17, 15) is 27.5 Å². The lowest BCUT2D eigenvalue weighted by Gasteiger charge is -2.18. The number of aliphatic hydroxyl groups excluding tert-OH is 1. The highest BCUT2D eigenvalue weighted by Gasteiger charge is 2.24. The van der Waals surface area contributed by atoms with Gasteiger partial charge in [-0.15, -0.1) is 0 Å².